The monoisotopic (exact) mass is 433 g/mol. The van der Waals surface area contributed by atoms with Gasteiger partial charge in [-0.25, -0.2) is 8.78 Å². The lowest BCUT2D eigenvalue weighted by atomic mass is 9.92. The molecule has 1 atom stereocenters. The van der Waals surface area contributed by atoms with Crippen molar-refractivity contribution in [1.82, 2.24) is 15.1 Å². The number of rotatable bonds is 6. The first kappa shape index (κ1) is 20.6. The molecule has 1 heterocycles. The zero-order valence-electron chi connectivity index (χ0n) is 17.7. The van der Waals surface area contributed by atoms with E-state index in [4.69, 9.17) is 0 Å². The molecule has 0 radical (unpaired) electrons. The average molecular weight is 434 g/mol. The molecule has 32 heavy (non-hydrogen) atoms. The Balaban J connectivity index is 1.48. The van der Waals surface area contributed by atoms with Gasteiger partial charge in [-0.3, -0.25) is 9.89 Å². The standard InChI is InChI=1S/C26H25F2N3O/c27-21-9-10-22(17-5-1-2-6-17)18(11-21)15-31(26(32)20-13-29-30-14-20)16-19-12-25(28)24-8-4-3-7-23(19)24/h3-4,7-14,17,19H,1-2,5-6,15-16H2,(H,29,30). The van der Waals surface area contributed by atoms with Gasteiger partial charge in [0.2, 0.25) is 0 Å². The van der Waals surface area contributed by atoms with E-state index in [-0.39, 0.29) is 30.0 Å². The Hall–Kier alpha value is -3.28. The smallest absolute Gasteiger partial charge is 0.257 e. The molecule has 4 nitrogen and oxygen atoms in total. The van der Waals surface area contributed by atoms with Gasteiger partial charge in [0.25, 0.3) is 5.91 Å². The molecule has 1 amide bonds. The zero-order chi connectivity index (χ0) is 22.1. The molecule has 0 bridgehead atoms. The molecule has 1 N–H and O–H groups in total. The molecule has 1 fully saturated rings. The van der Waals surface area contributed by atoms with Crippen LogP contribution in [0.3, 0.4) is 0 Å². The predicted molar refractivity (Wildman–Crippen MR) is 119 cm³/mol. The number of H-pyrrole nitrogens is 1. The van der Waals surface area contributed by atoms with Crippen molar-refractivity contribution in [2.45, 2.75) is 44.1 Å². The summed E-state index contributed by atoms with van der Waals surface area (Å²) in [6.45, 7) is 0.566. The average Bonchev–Trinajstić information content (AvgIpc) is 3.56. The molecule has 164 valence electrons. The Bertz CT molecular complexity index is 1150. The molecule has 0 aliphatic heterocycles. The summed E-state index contributed by atoms with van der Waals surface area (Å²) in [4.78, 5) is 15.1. The summed E-state index contributed by atoms with van der Waals surface area (Å²) in [5, 5.41) is 6.58. The molecule has 2 aliphatic rings. The van der Waals surface area contributed by atoms with E-state index in [1.807, 2.05) is 24.3 Å². The van der Waals surface area contributed by atoms with E-state index in [0.29, 0.717) is 23.6 Å². The van der Waals surface area contributed by atoms with Crippen LogP contribution in [0.1, 0.15) is 70.1 Å². The van der Waals surface area contributed by atoms with Crippen molar-refractivity contribution in [3.05, 3.63) is 94.6 Å². The van der Waals surface area contributed by atoms with Crippen LogP contribution in [-0.2, 0) is 6.54 Å². The van der Waals surface area contributed by atoms with E-state index in [1.54, 1.807) is 29.3 Å². The van der Waals surface area contributed by atoms with Gasteiger partial charge in [-0.2, -0.15) is 5.10 Å². The van der Waals surface area contributed by atoms with Crippen molar-refractivity contribution in [2.24, 2.45) is 0 Å². The van der Waals surface area contributed by atoms with E-state index in [9.17, 15) is 13.6 Å². The van der Waals surface area contributed by atoms with Crippen LogP contribution in [0.25, 0.3) is 5.83 Å². The Morgan fingerprint density at radius 1 is 1.09 bits per heavy atom. The molecule has 3 aromatic rings. The topological polar surface area (TPSA) is 49.0 Å². The number of aromatic nitrogens is 2. The first-order valence-corrected chi connectivity index (χ1v) is 11.1. The van der Waals surface area contributed by atoms with Crippen molar-refractivity contribution in [2.75, 3.05) is 6.54 Å². The van der Waals surface area contributed by atoms with Crippen molar-refractivity contribution in [3.8, 4) is 0 Å². The van der Waals surface area contributed by atoms with Gasteiger partial charge in [0, 0.05) is 30.8 Å². The maximum absolute atomic E-state index is 14.5. The first-order valence-electron chi connectivity index (χ1n) is 11.1. The van der Waals surface area contributed by atoms with E-state index < -0.39 is 0 Å². The summed E-state index contributed by atoms with van der Waals surface area (Å²) in [7, 11) is 0. The van der Waals surface area contributed by atoms with Crippen LogP contribution in [0.15, 0.2) is 60.9 Å². The maximum Gasteiger partial charge on any atom is 0.257 e. The lowest BCUT2D eigenvalue weighted by Crippen LogP contribution is -2.34. The highest BCUT2D eigenvalue weighted by Gasteiger charge is 2.29. The third kappa shape index (κ3) is 3.97. The largest absolute Gasteiger partial charge is 0.333 e. The molecule has 2 aromatic carbocycles. The molecule has 1 unspecified atom stereocenters. The number of nitrogens with one attached hydrogen (secondary N) is 1. The van der Waals surface area contributed by atoms with E-state index >= 15 is 0 Å². The van der Waals surface area contributed by atoms with E-state index in [0.717, 1.165) is 29.5 Å². The summed E-state index contributed by atoms with van der Waals surface area (Å²) >= 11 is 0. The summed E-state index contributed by atoms with van der Waals surface area (Å²) in [6, 6.07) is 12.3. The van der Waals surface area contributed by atoms with Crippen LogP contribution in [0.2, 0.25) is 0 Å². The second-order valence-electron chi connectivity index (χ2n) is 8.71. The fraction of sp³-hybridized carbons (Fsp3) is 0.308. The zero-order valence-corrected chi connectivity index (χ0v) is 17.7. The number of carbonyl (C=O) groups excluding carboxylic acids is 1. The number of carbonyl (C=O) groups is 1. The van der Waals surface area contributed by atoms with Crippen molar-refractivity contribution >= 4 is 11.7 Å². The highest BCUT2D eigenvalue weighted by atomic mass is 19.1. The fourth-order valence-corrected chi connectivity index (χ4v) is 5.10. The maximum atomic E-state index is 14.5. The summed E-state index contributed by atoms with van der Waals surface area (Å²) < 4.78 is 28.8. The molecule has 6 heteroatoms. The Kier molecular flexibility index (Phi) is 5.60. The second-order valence-corrected chi connectivity index (χ2v) is 8.71. The number of fused-ring (bicyclic) bond motifs is 1. The summed E-state index contributed by atoms with van der Waals surface area (Å²) in [5.41, 5.74) is 3.81. The molecule has 1 aromatic heterocycles. The minimum absolute atomic E-state index is 0.210. The normalized spacial score (nSPS) is 17.9. The number of amides is 1. The molecule has 1 saturated carbocycles. The van der Waals surface area contributed by atoms with E-state index in [2.05, 4.69) is 10.2 Å². The third-order valence-corrected chi connectivity index (χ3v) is 6.68. The van der Waals surface area contributed by atoms with Crippen LogP contribution < -0.4 is 0 Å². The van der Waals surface area contributed by atoms with Crippen LogP contribution >= 0.6 is 0 Å². The van der Waals surface area contributed by atoms with Gasteiger partial charge < -0.3 is 4.90 Å². The van der Waals surface area contributed by atoms with Crippen LogP contribution in [0, 0.1) is 5.82 Å². The van der Waals surface area contributed by atoms with Crippen LogP contribution in [-0.4, -0.2) is 27.5 Å². The number of hydrogen-bond donors (Lipinski definition) is 1. The summed E-state index contributed by atoms with van der Waals surface area (Å²) in [6.07, 6.45) is 9.11. The molecule has 2 aliphatic carbocycles. The second kappa shape index (κ2) is 8.69. The number of benzene rings is 2. The third-order valence-electron chi connectivity index (χ3n) is 6.68. The quantitative estimate of drug-likeness (QED) is 0.522. The molecular formula is C26H25F2N3O. The molecule has 0 spiro atoms. The number of nitrogens with zero attached hydrogens (tertiary/aromatic N) is 2. The van der Waals surface area contributed by atoms with Gasteiger partial charge in [-0.1, -0.05) is 43.2 Å². The molecule has 0 saturated heterocycles. The van der Waals surface area contributed by atoms with Gasteiger partial charge in [0.15, 0.2) is 0 Å². The SMILES string of the molecule is O=C(c1cn[nH]c1)N(Cc1cc(F)ccc1C1CCCC1)CC1C=C(F)c2ccccc21. The number of hydrogen-bond acceptors (Lipinski definition) is 2. The molecule has 5 rings (SSSR count). The summed E-state index contributed by atoms with van der Waals surface area (Å²) in [5.74, 6) is -0.654. The van der Waals surface area contributed by atoms with Gasteiger partial charge in [0.05, 0.1) is 11.8 Å². The lowest BCUT2D eigenvalue weighted by molar-refractivity contribution is 0.0738. The highest BCUT2D eigenvalue weighted by Crippen LogP contribution is 2.39. The Morgan fingerprint density at radius 2 is 1.91 bits per heavy atom. The molecular weight excluding hydrogens is 408 g/mol. The van der Waals surface area contributed by atoms with Gasteiger partial charge in [0.1, 0.15) is 11.6 Å². The predicted octanol–water partition coefficient (Wildman–Crippen LogP) is 5.96. The Labute approximate surface area is 186 Å². The van der Waals surface area contributed by atoms with E-state index in [1.165, 1.54) is 25.1 Å². The fourth-order valence-electron chi connectivity index (χ4n) is 5.10. The van der Waals surface area contributed by atoms with Gasteiger partial charge in [-0.05, 0) is 53.7 Å². The van der Waals surface area contributed by atoms with Crippen molar-refractivity contribution in [1.29, 1.82) is 0 Å². The van der Waals surface area contributed by atoms with Crippen LogP contribution in [0.4, 0.5) is 8.78 Å². The Morgan fingerprint density at radius 3 is 2.69 bits per heavy atom. The minimum Gasteiger partial charge on any atom is -0.333 e. The van der Waals surface area contributed by atoms with Crippen molar-refractivity contribution < 1.29 is 13.6 Å². The lowest BCUT2D eigenvalue weighted by Gasteiger charge is -2.27. The van der Waals surface area contributed by atoms with Gasteiger partial charge in [-0.15, -0.1) is 0 Å². The highest BCUT2D eigenvalue weighted by molar-refractivity contribution is 5.93. The van der Waals surface area contributed by atoms with Crippen molar-refractivity contribution in [3.63, 3.8) is 0 Å². The van der Waals surface area contributed by atoms with Crippen LogP contribution in [0.5, 0.6) is 0 Å². The first-order chi connectivity index (χ1) is 15.6. The van der Waals surface area contributed by atoms with Gasteiger partial charge >= 0.3 is 0 Å². The number of halogens is 2. The number of aromatic amines is 1. The minimum atomic E-state index is -0.311.